The minimum atomic E-state index is -3.64. The molecule has 140 valence electrons. The quantitative estimate of drug-likeness (QED) is 0.651. The van der Waals surface area contributed by atoms with E-state index in [9.17, 15) is 18.5 Å². The summed E-state index contributed by atoms with van der Waals surface area (Å²) >= 11 is 0. The van der Waals surface area contributed by atoms with Crippen LogP contribution >= 0.6 is 0 Å². The van der Waals surface area contributed by atoms with Gasteiger partial charge in [0.25, 0.3) is 0 Å². The van der Waals surface area contributed by atoms with Crippen LogP contribution in [0.2, 0.25) is 0 Å². The van der Waals surface area contributed by atoms with E-state index in [1.54, 1.807) is 38.1 Å². The molecule has 0 aliphatic rings. The molecule has 6 nitrogen and oxygen atoms in total. The first kappa shape index (κ1) is 19.3. The second-order valence-electron chi connectivity index (χ2n) is 6.56. The van der Waals surface area contributed by atoms with Crippen LogP contribution in [-0.4, -0.2) is 30.7 Å². The molecule has 0 saturated heterocycles. The van der Waals surface area contributed by atoms with Crippen LogP contribution in [0, 0.1) is 20.8 Å². The zero-order valence-electron chi connectivity index (χ0n) is 15.3. The molecule has 0 aliphatic heterocycles. The summed E-state index contributed by atoms with van der Waals surface area (Å²) in [7, 11) is -5.28. The van der Waals surface area contributed by atoms with Gasteiger partial charge in [0.1, 0.15) is 5.76 Å². The molecule has 3 rings (SSSR count). The van der Waals surface area contributed by atoms with Gasteiger partial charge in [-0.05, 0) is 49.0 Å². The third kappa shape index (κ3) is 3.97. The summed E-state index contributed by atoms with van der Waals surface area (Å²) in [5.74, 6) is 0.392. The van der Waals surface area contributed by atoms with Gasteiger partial charge in [-0.25, -0.2) is 8.42 Å². The first-order valence-corrected chi connectivity index (χ1v) is 10.1. The molecule has 0 spiro atoms. The largest absolute Gasteiger partial charge is 0.488 e. The first-order chi connectivity index (χ1) is 12.7. The summed E-state index contributed by atoms with van der Waals surface area (Å²) in [5, 5.41) is 22.5. The lowest BCUT2D eigenvalue weighted by Crippen LogP contribution is -2.30. The highest BCUT2D eigenvalue weighted by Gasteiger charge is 2.21. The lowest BCUT2D eigenvalue weighted by Gasteiger charge is -2.11. The van der Waals surface area contributed by atoms with Crippen LogP contribution in [0.25, 0.3) is 11.1 Å². The van der Waals surface area contributed by atoms with E-state index in [0.29, 0.717) is 22.6 Å². The summed E-state index contributed by atoms with van der Waals surface area (Å²) in [6.07, 6.45) is 0. The maximum atomic E-state index is 13.0. The van der Waals surface area contributed by atoms with Crippen LogP contribution in [0.4, 0.5) is 0 Å². The molecule has 2 aromatic carbocycles. The molecular weight excluding hydrogens is 365 g/mol. The maximum absolute atomic E-state index is 13.0. The molecule has 8 heteroatoms. The first-order valence-electron chi connectivity index (χ1n) is 8.40. The molecule has 0 radical (unpaired) electrons. The molecule has 0 atom stereocenters. The fraction of sp³-hybridized carbons (Fsp3) is 0.211. The van der Waals surface area contributed by atoms with Crippen molar-refractivity contribution >= 4 is 22.4 Å². The van der Waals surface area contributed by atoms with Crippen molar-refractivity contribution < 1.29 is 23.0 Å². The molecule has 0 aliphatic carbocycles. The van der Waals surface area contributed by atoms with Gasteiger partial charge in [-0.15, -0.1) is 0 Å². The smallest absolute Gasteiger partial charge is 0.423 e. The molecular formula is C19H20BNO5S. The number of hydrogen-bond acceptors (Lipinski definition) is 6. The van der Waals surface area contributed by atoms with Crippen molar-refractivity contribution in [2.45, 2.75) is 31.4 Å². The van der Waals surface area contributed by atoms with Gasteiger partial charge in [-0.1, -0.05) is 41.6 Å². The third-order valence-electron chi connectivity index (χ3n) is 4.45. The van der Waals surface area contributed by atoms with Crippen LogP contribution in [0.15, 0.2) is 51.9 Å². The Kier molecular flexibility index (Phi) is 5.23. The van der Waals surface area contributed by atoms with E-state index in [1.807, 2.05) is 13.0 Å². The van der Waals surface area contributed by atoms with Gasteiger partial charge in [-0.2, -0.15) is 0 Å². The normalized spacial score (nSPS) is 11.6. The van der Waals surface area contributed by atoms with Gasteiger partial charge in [0.2, 0.25) is 0 Å². The number of aryl methyl sites for hydroxylation is 3. The van der Waals surface area contributed by atoms with Crippen molar-refractivity contribution in [3.05, 3.63) is 65.0 Å². The van der Waals surface area contributed by atoms with Crippen molar-refractivity contribution in [3.8, 4) is 11.1 Å². The van der Waals surface area contributed by atoms with Crippen LogP contribution < -0.4 is 5.46 Å². The molecule has 1 aromatic heterocycles. The summed E-state index contributed by atoms with van der Waals surface area (Å²) in [4.78, 5) is 0.231. The third-order valence-corrected chi connectivity index (χ3v) is 6.27. The molecule has 3 aromatic rings. The van der Waals surface area contributed by atoms with E-state index in [1.165, 1.54) is 12.1 Å². The predicted molar refractivity (Wildman–Crippen MR) is 103 cm³/mol. The fourth-order valence-corrected chi connectivity index (χ4v) is 4.77. The van der Waals surface area contributed by atoms with Crippen molar-refractivity contribution in [1.82, 2.24) is 5.16 Å². The average Bonchev–Trinajstić information content (AvgIpc) is 2.94. The summed E-state index contributed by atoms with van der Waals surface area (Å²) in [6.45, 7) is 5.35. The van der Waals surface area contributed by atoms with Crippen molar-refractivity contribution in [2.75, 3.05) is 0 Å². The second-order valence-corrected chi connectivity index (χ2v) is 8.52. The highest BCUT2D eigenvalue weighted by molar-refractivity contribution is 7.90. The minimum Gasteiger partial charge on any atom is -0.423 e. The lowest BCUT2D eigenvalue weighted by atomic mass is 9.80. The number of aromatic nitrogens is 1. The van der Waals surface area contributed by atoms with Gasteiger partial charge in [-0.3, -0.25) is 0 Å². The number of nitrogens with zero attached hydrogens (tertiary/aromatic N) is 1. The standard InChI is InChI=1S/C19H20BNO5S/c1-12-7-8-16(19-13(2)21-26-14(19)3)10-18(12)27(24,25)11-15-5-4-6-17(9-15)20(22)23/h4-10,22-23H,11H2,1-3H3. The summed E-state index contributed by atoms with van der Waals surface area (Å²) in [6, 6.07) is 11.5. The molecule has 27 heavy (non-hydrogen) atoms. The van der Waals surface area contributed by atoms with Gasteiger partial charge >= 0.3 is 7.12 Å². The monoisotopic (exact) mass is 385 g/mol. The number of rotatable bonds is 5. The Morgan fingerprint density at radius 3 is 2.44 bits per heavy atom. The van der Waals surface area contributed by atoms with Crippen LogP contribution in [0.5, 0.6) is 0 Å². The van der Waals surface area contributed by atoms with Gasteiger partial charge in [0.05, 0.1) is 16.3 Å². The van der Waals surface area contributed by atoms with Crippen LogP contribution in [0.3, 0.4) is 0 Å². The number of hydrogen-bond donors (Lipinski definition) is 2. The van der Waals surface area contributed by atoms with E-state index in [0.717, 1.165) is 11.1 Å². The Hall–Kier alpha value is -2.42. The van der Waals surface area contributed by atoms with Crippen LogP contribution in [0.1, 0.15) is 22.6 Å². The highest BCUT2D eigenvalue weighted by atomic mass is 32.2. The van der Waals surface area contributed by atoms with E-state index in [4.69, 9.17) is 4.52 Å². The number of sulfone groups is 1. The molecule has 0 saturated carbocycles. The molecule has 1 heterocycles. The molecule has 0 fully saturated rings. The van der Waals surface area contributed by atoms with E-state index in [2.05, 4.69) is 5.16 Å². The Morgan fingerprint density at radius 2 is 1.81 bits per heavy atom. The predicted octanol–water partition coefficient (Wildman–Crippen LogP) is 1.92. The summed E-state index contributed by atoms with van der Waals surface area (Å²) in [5.41, 5.74) is 3.60. The van der Waals surface area contributed by atoms with E-state index >= 15 is 0 Å². The van der Waals surface area contributed by atoms with Crippen molar-refractivity contribution in [3.63, 3.8) is 0 Å². The van der Waals surface area contributed by atoms with Crippen molar-refractivity contribution in [2.24, 2.45) is 0 Å². The molecule has 0 bridgehead atoms. The average molecular weight is 385 g/mol. The fourth-order valence-electron chi connectivity index (χ4n) is 3.13. The second kappa shape index (κ2) is 7.30. The van der Waals surface area contributed by atoms with Gasteiger partial charge in [0.15, 0.2) is 9.84 Å². The zero-order chi connectivity index (χ0) is 19.8. The van der Waals surface area contributed by atoms with E-state index in [-0.39, 0.29) is 16.1 Å². The SMILES string of the molecule is Cc1ccc(-c2c(C)noc2C)cc1S(=O)(=O)Cc1cccc(B(O)O)c1. The maximum Gasteiger partial charge on any atom is 0.488 e. The molecule has 2 N–H and O–H groups in total. The Bertz CT molecular complexity index is 1070. The summed E-state index contributed by atoms with van der Waals surface area (Å²) < 4.78 is 31.3. The van der Waals surface area contributed by atoms with Crippen molar-refractivity contribution in [1.29, 1.82) is 0 Å². The van der Waals surface area contributed by atoms with Gasteiger partial charge < -0.3 is 14.6 Å². The topological polar surface area (TPSA) is 101 Å². The van der Waals surface area contributed by atoms with Gasteiger partial charge in [0, 0.05) is 5.56 Å². The Morgan fingerprint density at radius 1 is 1.07 bits per heavy atom. The van der Waals surface area contributed by atoms with E-state index < -0.39 is 17.0 Å². The van der Waals surface area contributed by atoms with Crippen LogP contribution in [-0.2, 0) is 15.6 Å². The lowest BCUT2D eigenvalue weighted by molar-refractivity contribution is 0.393. The Balaban J connectivity index is 2.02. The Labute approximate surface area is 158 Å². The molecule has 0 amide bonds. The molecule has 0 unspecified atom stereocenters. The minimum absolute atomic E-state index is 0.231. The zero-order valence-corrected chi connectivity index (χ0v) is 16.1. The highest BCUT2D eigenvalue weighted by Crippen LogP contribution is 2.31. The number of benzene rings is 2.